The summed E-state index contributed by atoms with van der Waals surface area (Å²) < 4.78 is 29.8. The molecule has 152 valence electrons. The van der Waals surface area contributed by atoms with E-state index in [1.54, 1.807) is 27.8 Å². The molecule has 7 heteroatoms. The van der Waals surface area contributed by atoms with E-state index >= 15 is 0 Å². The van der Waals surface area contributed by atoms with Gasteiger partial charge in [-0.25, -0.2) is 8.42 Å². The fraction of sp³-hybridized carbons (Fsp3) is 0.947. The highest BCUT2D eigenvalue weighted by Gasteiger charge is 2.55. The van der Waals surface area contributed by atoms with Gasteiger partial charge in [-0.15, -0.1) is 0 Å². The van der Waals surface area contributed by atoms with Crippen LogP contribution in [0.2, 0.25) is 0 Å². The normalized spacial score (nSPS) is 26.4. The van der Waals surface area contributed by atoms with Crippen molar-refractivity contribution in [3.05, 3.63) is 0 Å². The van der Waals surface area contributed by atoms with Crippen molar-refractivity contribution in [1.29, 1.82) is 0 Å². The van der Waals surface area contributed by atoms with Crippen LogP contribution in [0.1, 0.15) is 66.2 Å². The first kappa shape index (κ1) is 21.5. The first-order valence-corrected chi connectivity index (χ1v) is 11.6. The minimum atomic E-state index is -3.13. The largest absolute Gasteiger partial charge is 0.378 e. The molecule has 2 aliphatic carbocycles. The van der Waals surface area contributed by atoms with Gasteiger partial charge < -0.3 is 15.4 Å². The lowest BCUT2D eigenvalue weighted by atomic mass is 9.55. The summed E-state index contributed by atoms with van der Waals surface area (Å²) in [5, 5.41) is 6.73. The highest BCUT2D eigenvalue weighted by molar-refractivity contribution is 7.92. The number of nitrogens with one attached hydrogen (secondary N) is 2. The molecule has 6 nitrogen and oxygen atoms in total. The van der Waals surface area contributed by atoms with E-state index in [0.717, 1.165) is 13.0 Å². The van der Waals surface area contributed by atoms with Crippen molar-refractivity contribution in [2.45, 2.75) is 83.1 Å². The quantitative estimate of drug-likeness (QED) is 0.541. The summed E-state index contributed by atoms with van der Waals surface area (Å²) in [6, 6.07) is 0.352. The molecular formula is C19H37N3O3S. The third-order valence-electron chi connectivity index (χ3n) is 6.07. The fourth-order valence-electron chi connectivity index (χ4n) is 4.24. The van der Waals surface area contributed by atoms with Crippen LogP contribution in [0.25, 0.3) is 0 Å². The Morgan fingerprint density at radius 3 is 2.42 bits per heavy atom. The van der Waals surface area contributed by atoms with E-state index in [2.05, 4.69) is 22.5 Å². The molecule has 2 rings (SSSR count). The number of sulfone groups is 1. The number of ether oxygens (including phenoxy) is 1. The lowest BCUT2D eigenvalue weighted by Crippen LogP contribution is -2.66. The number of hydrogen-bond acceptors (Lipinski definition) is 4. The predicted octanol–water partition coefficient (Wildman–Crippen LogP) is 2.49. The van der Waals surface area contributed by atoms with Crippen LogP contribution in [0.4, 0.5) is 0 Å². The number of nitrogens with zero attached hydrogens (tertiary/aromatic N) is 1. The topological polar surface area (TPSA) is 79.8 Å². The molecule has 0 aromatic heterocycles. The molecule has 2 saturated carbocycles. The molecule has 0 aromatic rings. The molecule has 2 atom stereocenters. The van der Waals surface area contributed by atoms with Gasteiger partial charge in [-0.05, 0) is 47.0 Å². The highest BCUT2D eigenvalue weighted by atomic mass is 32.2. The predicted molar refractivity (Wildman–Crippen MR) is 107 cm³/mol. The van der Waals surface area contributed by atoms with Crippen molar-refractivity contribution < 1.29 is 13.2 Å². The molecule has 0 aliphatic heterocycles. The van der Waals surface area contributed by atoms with Crippen LogP contribution in [0.3, 0.4) is 0 Å². The number of rotatable bonds is 6. The number of guanidine groups is 1. The average molecular weight is 388 g/mol. The number of hydrogen-bond donors (Lipinski definition) is 2. The Morgan fingerprint density at radius 1 is 1.23 bits per heavy atom. The molecular weight excluding hydrogens is 350 g/mol. The van der Waals surface area contributed by atoms with Crippen LogP contribution in [-0.4, -0.2) is 57.2 Å². The van der Waals surface area contributed by atoms with Crippen LogP contribution in [0.5, 0.6) is 0 Å². The Balaban J connectivity index is 1.91. The van der Waals surface area contributed by atoms with Gasteiger partial charge in [0.15, 0.2) is 15.8 Å². The third-order valence-corrected chi connectivity index (χ3v) is 8.68. The molecule has 0 bridgehead atoms. The van der Waals surface area contributed by atoms with Gasteiger partial charge in [-0.1, -0.05) is 19.3 Å². The lowest BCUT2D eigenvalue weighted by molar-refractivity contribution is -0.145. The standard InChI is InChI=1S/C19H37N3O3S/c1-6-25-16-14-15(19(16)10-8-7-9-11-19)22-17(20-5)21-12-13-26(23,24)18(2,3)4/h15-16H,6-14H2,1-5H3,(H2,20,21,22). The van der Waals surface area contributed by atoms with Crippen molar-refractivity contribution >= 4 is 15.8 Å². The van der Waals surface area contributed by atoms with Gasteiger partial charge in [0, 0.05) is 31.7 Å². The maximum atomic E-state index is 12.3. The third kappa shape index (κ3) is 4.53. The van der Waals surface area contributed by atoms with Gasteiger partial charge in [0.05, 0.1) is 16.6 Å². The monoisotopic (exact) mass is 387 g/mol. The van der Waals surface area contributed by atoms with Crippen molar-refractivity contribution in [3.8, 4) is 0 Å². The second-order valence-corrected chi connectivity index (χ2v) is 11.5. The van der Waals surface area contributed by atoms with Crippen LogP contribution < -0.4 is 10.6 Å². The van der Waals surface area contributed by atoms with E-state index < -0.39 is 14.6 Å². The van der Waals surface area contributed by atoms with E-state index in [1.807, 2.05) is 0 Å². The van der Waals surface area contributed by atoms with Gasteiger partial charge in [0.25, 0.3) is 0 Å². The van der Waals surface area contributed by atoms with Gasteiger partial charge in [0.1, 0.15) is 0 Å². The molecule has 0 radical (unpaired) electrons. The molecule has 2 fully saturated rings. The zero-order chi connectivity index (χ0) is 19.4. The van der Waals surface area contributed by atoms with Gasteiger partial charge >= 0.3 is 0 Å². The van der Waals surface area contributed by atoms with Crippen LogP contribution in [0.15, 0.2) is 4.99 Å². The lowest BCUT2D eigenvalue weighted by Gasteiger charge is -2.57. The first-order valence-electron chi connectivity index (χ1n) is 9.97. The summed E-state index contributed by atoms with van der Waals surface area (Å²) in [5.41, 5.74) is 0.212. The molecule has 2 unspecified atom stereocenters. The van der Waals surface area contributed by atoms with Gasteiger partial charge in [0.2, 0.25) is 0 Å². The Morgan fingerprint density at radius 2 is 1.88 bits per heavy atom. The van der Waals surface area contributed by atoms with Crippen molar-refractivity contribution in [2.75, 3.05) is 26.0 Å². The molecule has 0 saturated heterocycles. The maximum absolute atomic E-state index is 12.3. The summed E-state index contributed by atoms with van der Waals surface area (Å²) in [6.45, 7) is 8.41. The zero-order valence-electron chi connectivity index (χ0n) is 17.1. The van der Waals surface area contributed by atoms with Crippen LogP contribution >= 0.6 is 0 Å². The van der Waals surface area contributed by atoms with E-state index in [1.165, 1.54) is 32.1 Å². The smallest absolute Gasteiger partial charge is 0.191 e. The zero-order valence-corrected chi connectivity index (χ0v) is 17.9. The van der Waals surface area contributed by atoms with Crippen molar-refractivity contribution in [2.24, 2.45) is 10.4 Å². The SMILES string of the molecule is CCOC1CC(NC(=NC)NCCS(=O)(=O)C(C)(C)C)C12CCCCC2. The molecule has 2 N–H and O–H groups in total. The molecule has 1 spiro atoms. The Bertz CT molecular complexity index is 590. The van der Waals surface area contributed by atoms with Crippen molar-refractivity contribution in [1.82, 2.24) is 10.6 Å². The Kier molecular flexibility index (Phi) is 6.99. The minimum Gasteiger partial charge on any atom is -0.378 e. The minimum absolute atomic E-state index is 0.106. The second-order valence-electron chi connectivity index (χ2n) is 8.60. The number of aliphatic imine (C=N–C) groups is 1. The first-order chi connectivity index (χ1) is 12.2. The Hall–Kier alpha value is -0.820. The van der Waals surface area contributed by atoms with Crippen LogP contribution in [0, 0.1) is 5.41 Å². The fourth-order valence-corrected chi connectivity index (χ4v) is 5.22. The van der Waals surface area contributed by atoms with Crippen molar-refractivity contribution in [3.63, 3.8) is 0 Å². The summed E-state index contributed by atoms with van der Waals surface area (Å²) in [4.78, 5) is 4.30. The van der Waals surface area contributed by atoms with E-state index in [0.29, 0.717) is 24.7 Å². The summed E-state index contributed by atoms with van der Waals surface area (Å²) >= 11 is 0. The van der Waals surface area contributed by atoms with E-state index in [9.17, 15) is 8.42 Å². The maximum Gasteiger partial charge on any atom is 0.191 e. The van der Waals surface area contributed by atoms with Crippen LogP contribution in [-0.2, 0) is 14.6 Å². The van der Waals surface area contributed by atoms with E-state index in [4.69, 9.17) is 4.74 Å². The highest BCUT2D eigenvalue weighted by Crippen LogP contribution is 2.53. The second kappa shape index (κ2) is 8.46. The summed E-state index contributed by atoms with van der Waals surface area (Å²) in [5.74, 6) is 0.799. The summed E-state index contributed by atoms with van der Waals surface area (Å²) in [6.07, 6.45) is 7.56. The van der Waals surface area contributed by atoms with Gasteiger partial charge in [-0.2, -0.15) is 0 Å². The van der Waals surface area contributed by atoms with E-state index in [-0.39, 0.29) is 11.2 Å². The molecule has 0 heterocycles. The average Bonchev–Trinajstić information content (AvgIpc) is 2.59. The van der Waals surface area contributed by atoms with Gasteiger partial charge in [-0.3, -0.25) is 4.99 Å². The molecule has 26 heavy (non-hydrogen) atoms. The summed E-state index contributed by atoms with van der Waals surface area (Å²) in [7, 11) is -1.39. The molecule has 0 aromatic carbocycles. The molecule has 0 amide bonds. The Labute approximate surface area is 159 Å². The molecule has 2 aliphatic rings.